The highest BCUT2D eigenvalue weighted by Crippen LogP contribution is 2.34. The molecule has 126 valence electrons. The highest BCUT2D eigenvalue weighted by molar-refractivity contribution is 6.20. The lowest BCUT2D eigenvalue weighted by Gasteiger charge is -2.17. The Morgan fingerprint density at radius 3 is 2.08 bits per heavy atom. The zero-order valence-corrected chi connectivity index (χ0v) is 12.8. The normalized spacial score (nSPS) is 13.4. The van der Waals surface area contributed by atoms with Crippen LogP contribution in [0.5, 0.6) is 11.5 Å². The minimum atomic E-state index is -1.41. The molecule has 0 aromatic heterocycles. The van der Waals surface area contributed by atoms with Crippen molar-refractivity contribution in [2.24, 2.45) is 0 Å². The third-order valence-corrected chi connectivity index (χ3v) is 4.09. The number of fused-ring (bicyclic) bond motifs is 1. The fourth-order valence-electron chi connectivity index (χ4n) is 2.82. The topological polar surface area (TPSA) is 129 Å². The lowest BCUT2D eigenvalue weighted by Crippen LogP contribution is -2.18. The molecule has 0 bridgehead atoms. The van der Waals surface area contributed by atoms with E-state index in [0.29, 0.717) is 0 Å². The van der Waals surface area contributed by atoms with Gasteiger partial charge in [0, 0.05) is 18.4 Å². The molecule has 2 aromatic carbocycles. The van der Waals surface area contributed by atoms with Crippen molar-refractivity contribution in [3.63, 3.8) is 0 Å². The van der Waals surface area contributed by atoms with Crippen molar-refractivity contribution >= 4 is 23.3 Å². The Balaban J connectivity index is 2.16. The molecule has 7 heteroatoms. The van der Waals surface area contributed by atoms with E-state index in [1.54, 1.807) is 0 Å². The molecule has 25 heavy (non-hydrogen) atoms. The molecule has 0 amide bonds. The van der Waals surface area contributed by atoms with Gasteiger partial charge in [-0.3, -0.25) is 14.4 Å². The molecule has 3 rings (SSSR count). The van der Waals surface area contributed by atoms with Gasteiger partial charge in [0.1, 0.15) is 17.1 Å². The van der Waals surface area contributed by atoms with Crippen molar-refractivity contribution in [3.8, 4) is 11.5 Å². The number of aromatic hydroxyl groups is 2. The molecule has 0 unspecified atom stereocenters. The number of para-hydroxylation sites is 1. The van der Waals surface area contributed by atoms with E-state index in [9.17, 15) is 29.4 Å². The third kappa shape index (κ3) is 2.55. The van der Waals surface area contributed by atoms with Gasteiger partial charge in [-0.2, -0.15) is 0 Å². The van der Waals surface area contributed by atoms with Gasteiger partial charge in [0.15, 0.2) is 11.6 Å². The van der Waals surface area contributed by atoms with Gasteiger partial charge < -0.3 is 15.3 Å². The van der Waals surface area contributed by atoms with Crippen LogP contribution < -0.4 is 0 Å². The summed E-state index contributed by atoms with van der Waals surface area (Å²) in [6.07, 6.45) is -0.0171. The average molecular weight is 340 g/mol. The number of rotatable bonds is 3. The van der Waals surface area contributed by atoms with Gasteiger partial charge >= 0.3 is 5.97 Å². The first-order valence-corrected chi connectivity index (χ1v) is 7.35. The van der Waals surface area contributed by atoms with E-state index in [1.807, 2.05) is 0 Å². The van der Waals surface area contributed by atoms with Crippen molar-refractivity contribution < 1.29 is 34.5 Å². The van der Waals surface area contributed by atoms with Gasteiger partial charge in [0.05, 0.1) is 16.7 Å². The standard InChI is InChI=1S/C18H12O7/c19-12-6-7-13(20)14-8(12)4-5-10(17(14)23)15(21)9-2-1-3-11(16(9)22)18(24)25/h1-5,22-23H,6-7H2,(H,24,25). The molecule has 0 atom stereocenters. The van der Waals surface area contributed by atoms with E-state index in [0.717, 1.165) is 6.07 Å². The largest absolute Gasteiger partial charge is 0.506 e. The molecule has 0 spiro atoms. The Labute approximate surface area is 141 Å². The SMILES string of the molecule is O=C(O)c1cccc(C(=O)c2ccc3c(c2O)C(=O)CCC3=O)c1O. The number of Topliss-reactive ketones (excluding diaryl/α,β-unsaturated/α-hetero) is 2. The van der Waals surface area contributed by atoms with E-state index in [-0.39, 0.29) is 40.9 Å². The molecule has 7 nitrogen and oxygen atoms in total. The predicted octanol–water partition coefficient (Wildman–Crippen LogP) is 2.19. The van der Waals surface area contributed by atoms with Gasteiger partial charge in [0.25, 0.3) is 0 Å². The second kappa shape index (κ2) is 5.86. The number of phenolic OH excluding ortho intramolecular Hbond substituents is 1. The van der Waals surface area contributed by atoms with Crippen LogP contribution in [0.4, 0.5) is 0 Å². The molecule has 0 heterocycles. The van der Waals surface area contributed by atoms with E-state index in [2.05, 4.69) is 0 Å². The van der Waals surface area contributed by atoms with E-state index >= 15 is 0 Å². The van der Waals surface area contributed by atoms with Crippen LogP contribution in [0.1, 0.15) is 59.8 Å². The molecule has 3 N–H and O–H groups in total. The Hall–Kier alpha value is -3.48. The summed E-state index contributed by atoms with van der Waals surface area (Å²) in [6.45, 7) is 0. The van der Waals surface area contributed by atoms with Crippen molar-refractivity contribution in [1.29, 1.82) is 0 Å². The number of aromatic carboxylic acids is 1. The lowest BCUT2D eigenvalue weighted by molar-refractivity contribution is 0.0693. The minimum Gasteiger partial charge on any atom is -0.506 e. The fourth-order valence-corrected chi connectivity index (χ4v) is 2.82. The number of ketones is 3. The summed E-state index contributed by atoms with van der Waals surface area (Å²) >= 11 is 0. The summed E-state index contributed by atoms with van der Waals surface area (Å²) in [6, 6.07) is 6.07. The summed E-state index contributed by atoms with van der Waals surface area (Å²) in [5.74, 6) is -4.40. The molecule has 0 saturated carbocycles. The van der Waals surface area contributed by atoms with Gasteiger partial charge in [0.2, 0.25) is 5.78 Å². The van der Waals surface area contributed by atoms with Crippen LogP contribution in [0.15, 0.2) is 30.3 Å². The number of hydrogen-bond acceptors (Lipinski definition) is 6. The first-order chi connectivity index (χ1) is 11.8. The molecule has 1 aliphatic rings. The third-order valence-electron chi connectivity index (χ3n) is 4.09. The second-order valence-corrected chi connectivity index (χ2v) is 5.57. The Kier molecular flexibility index (Phi) is 3.84. The highest BCUT2D eigenvalue weighted by atomic mass is 16.4. The minimum absolute atomic E-state index is 0.0417. The van der Waals surface area contributed by atoms with Crippen LogP contribution >= 0.6 is 0 Å². The number of carboxylic acid groups (broad SMARTS) is 1. The van der Waals surface area contributed by atoms with Crippen LogP contribution in [0.2, 0.25) is 0 Å². The quantitative estimate of drug-likeness (QED) is 0.730. The molecule has 2 aromatic rings. The van der Waals surface area contributed by atoms with Crippen LogP contribution in [0.3, 0.4) is 0 Å². The summed E-state index contributed by atoms with van der Waals surface area (Å²) in [5.41, 5.74) is -1.25. The van der Waals surface area contributed by atoms with Crippen molar-refractivity contribution in [2.45, 2.75) is 12.8 Å². The first kappa shape index (κ1) is 16.4. The molecular weight excluding hydrogens is 328 g/mol. The lowest BCUT2D eigenvalue weighted by atomic mass is 9.86. The van der Waals surface area contributed by atoms with Crippen molar-refractivity contribution in [3.05, 3.63) is 58.1 Å². The van der Waals surface area contributed by atoms with Crippen LogP contribution in [-0.4, -0.2) is 38.6 Å². The summed E-state index contributed by atoms with van der Waals surface area (Å²) in [5, 5.41) is 29.4. The van der Waals surface area contributed by atoms with Crippen LogP contribution in [0.25, 0.3) is 0 Å². The van der Waals surface area contributed by atoms with E-state index in [4.69, 9.17) is 5.11 Å². The Morgan fingerprint density at radius 2 is 1.40 bits per heavy atom. The number of carbonyl (C=O) groups excluding carboxylic acids is 3. The smallest absolute Gasteiger partial charge is 0.339 e. The summed E-state index contributed by atoms with van der Waals surface area (Å²) in [4.78, 5) is 47.6. The maximum absolute atomic E-state index is 12.6. The number of carbonyl (C=O) groups is 4. The van der Waals surface area contributed by atoms with Crippen LogP contribution in [0, 0.1) is 0 Å². The van der Waals surface area contributed by atoms with Gasteiger partial charge in [-0.25, -0.2) is 4.79 Å². The number of carboxylic acids is 1. The van der Waals surface area contributed by atoms with E-state index < -0.39 is 34.6 Å². The molecule has 0 aliphatic heterocycles. The van der Waals surface area contributed by atoms with Gasteiger partial charge in [-0.05, 0) is 24.3 Å². The average Bonchev–Trinajstić information content (AvgIpc) is 2.57. The molecule has 1 aliphatic carbocycles. The first-order valence-electron chi connectivity index (χ1n) is 7.35. The fraction of sp³-hybridized carbons (Fsp3) is 0.111. The monoisotopic (exact) mass is 340 g/mol. The zero-order valence-electron chi connectivity index (χ0n) is 12.8. The zero-order chi connectivity index (χ0) is 18.3. The van der Waals surface area contributed by atoms with Gasteiger partial charge in [-0.1, -0.05) is 6.07 Å². The molecule has 0 saturated heterocycles. The Morgan fingerprint density at radius 1 is 0.800 bits per heavy atom. The summed E-state index contributed by atoms with van der Waals surface area (Å²) < 4.78 is 0. The molecule has 0 radical (unpaired) electrons. The maximum atomic E-state index is 12.6. The summed E-state index contributed by atoms with van der Waals surface area (Å²) in [7, 11) is 0. The van der Waals surface area contributed by atoms with Crippen molar-refractivity contribution in [1.82, 2.24) is 0 Å². The van der Waals surface area contributed by atoms with E-state index in [1.165, 1.54) is 24.3 Å². The van der Waals surface area contributed by atoms with Gasteiger partial charge in [-0.15, -0.1) is 0 Å². The highest BCUT2D eigenvalue weighted by Gasteiger charge is 2.30. The number of phenols is 2. The number of benzene rings is 2. The Bertz CT molecular complexity index is 956. The van der Waals surface area contributed by atoms with Crippen LogP contribution in [-0.2, 0) is 0 Å². The number of hydrogen-bond donors (Lipinski definition) is 3. The molecule has 0 fully saturated rings. The second-order valence-electron chi connectivity index (χ2n) is 5.57. The maximum Gasteiger partial charge on any atom is 0.339 e. The van der Waals surface area contributed by atoms with Crippen molar-refractivity contribution in [2.75, 3.05) is 0 Å². The predicted molar refractivity (Wildman–Crippen MR) is 84.5 cm³/mol. The molecular formula is C18H12O7.